The molecule has 0 radical (unpaired) electrons. The zero-order valence-electron chi connectivity index (χ0n) is 11.1. The van der Waals surface area contributed by atoms with Crippen molar-refractivity contribution in [3.05, 3.63) is 29.8 Å². The minimum Gasteiger partial charge on any atom is -0.504 e. The van der Waals surface area contributed by atoms with E-state index in [-0.39, 0.29) is 5.75 Å². The summed E-state index contributed by atoms with van der Waals surface area (Å²) in [5.74, 6) is 1.24. The van der Waals surface area contributed by atoms with Gasteiger partial charge in [-0.1, -0.05) is 18.2 Å². The number of hydrogen-bond acceptors (Lipinski definition) is 3. The molecule has 3 rings (SSSR count). The Kier molecular flexibility index (Phi) is 2.52. The van der Waals surface area contributed by atoms with Crippen LogP contribution in [0.3, 0.4) is 0 Å². The van der Waals surface area contributed by atoms with E-state index in [1.165, 1.54) is 0 Å². The van der Waals surface area contributed by atoms with Gasteiger partial charge in [0, 0.05) is 16.5 Å². The van der Waals surface area contributed by atoms with E-state index in [1.54, 1.807) is 14.2 Å². The predicted octanol–water partition coefficient (Wildman–Crippen LogP) is 3.35. The predicted molar refractivity (Wildman–Crippen MR) is 75.3 cm³/mol. The molecule has 0 saturated carbocycles. The van der Waals surface area contributed by atoms with E-state index in [2.05, 4.69) is 4.98 Å². The van der Waals surface area contributed by atoms with Crippen LogP contribution in [0.15, 0.2) is 24.3 Å². The number of phenolic OH excluding ortho intramolecular Hbond substituents is 1. The van der Waals surface area contributed by atoms with Gasteiger partial charge in [0.1, 0.15) is 5.75 Å². The normalized spacial score (nSPS) is 11.1. The summed E-state index contributed by atoms with van der Waals surface area (Å²) in [6, 6.07) is 7.90. The number of benzene rings is 2. The van der Waals surface area contributed by atoms with Crippen LogP contribution in [0, 0.1) is 6.92 Å². The Morgan fingerprint density at radius 1 is 1.05 bits per heavy atom. The monoisotopic (exact) mass is 257 g/mol. The number of aromatic amines is 1. The van der Waals surface area contributed by atoms with Crippen LogP contribution in [-0.2, 0) is 0 Å². The molecule has 0 bridgehead atoms. The van der Waals surface area contributed by atoms with Gasteiger partial charge in [-0.3, -0.25) is 0 Å². The lowest BCUT2D eigenvalue weighted by atomic mass is 10.1. The number of nitrogens with one attached hydrogen (secondary N) is 1. The first-order valence-corrected chi connectivity index (χ1v) is 6.03. The van der Waals surface area contributed by atoms with Crippen molar-refractivity contribution in [1.82, 2.24) is 4.98 Å². The molecule has 0 unspecified atom stereocenters. The molecule has 1 aromatic heterocycles. The lowest BCUT2D eigenvalue weighted by Crippen LogP contribution is -1.93. The molecule has 0 aliphatic carbocycles. The number of fused-ring (bicyclic) bond motifs is 3. The van der Waals surface area contributed by atoms with Crippen molar-refractivity contribution < 1.29 is 14.6 Å². The van der Waals surface area contributed by atoms with Crippen LogP contribution in [0.1, 0.15) is 5.56 Å². The van der Waals surface area contributed by atoms with Crippen molar-refractivity contribution in [3.8, 4) is 17.2 Å². The van der Waals surface area contributed by atoms with Gasteiger partial charge in [-0.25, -0.2) is 0 Å². The van der Waals surface area contributed by atoms with E-state index in [0.29, 0.717) is 17.1 Å². The van der Waals surface area contributed by atoms with Gasteiger partial charge >= 0.3 is 0 Å². The minimum absolute atomic E-state index is 0.122. The molecule has 19 heavy (non-hydrogen) atoms. The number of para-hydroxylation sites is 1. The first kappa shape index (κ1) is 11.7. The first-order chi connectivity index (χ1) is 9.19. The number of phenols is 1. The van der Waals surface area contributed by atoms with Crippen molar-refractivity contribution in [2.24, 2.45) is 0 Å². The zero-order valence-corrected chi connectivity index (χ0v) is 11.1. The summed E-state index contributed by atoms with van der Waals surface area (Å²) in [6.45, 7) is 1.81. The molecular formula is C15H15NO3. The topological polar surface area (TPSA) is 54.5 Å². The molecule has 2 N–H and O–H groups in total. The van der Waals surface area contributed by atoms with Crippen LogP contribution >= 0.6 is 0 Å². The highest BCUT2D eigenvalue weighted by atomic mass is 16.5. The molecule has 0 amide bonds. The molecule has 0 spiro atoms. The maximum Gasteiger partial charge on any atom is 0.171 e. The van der Waals surface area contributed by atoms with Crippen molar-refractivity contribution in [3.63, 3.8) is 0 Å². The fourth-order valence-corrected chi connectivity index (χ4v) is 2.59. The fourth-order valence-electron chi connectivity index (χ4n) is 2.59. The Bertz CT molecular complexity index is 774. The zero-order chi connectivity index (χ0) is 13.6. The molecule has 0 saturated heterocycles. The van der Waals surface area contributed by atoms with Crippen molar-refractivity contribution in [1.29, 1.82) is 0 Å². The lowest BCUT2D eigenvalue weighted by Gasteiger charge is -2.12. The quantitative estimate of drug-likeness (QED) is 0.740. The maximum absolute atomic E-state index is 10.3. The Morgan fingerprint density at radius 3 is 2.42 bits per heavy atom. The second-order valence-electron chi connectivity index (χ2n) is 4.46. The summed E-state index contributed by atoms with van der Waals surface area (Å²) >= 11 is 0. The van der Waals surface area contributed by atoms with Crippen LogP contribution < -0.4 is 9.47 Å². The number of rotatable bonds is 2. The fraction of sp³-hybridized carbons (Fsp3) is 0.200. The summed E-state index contributed by atoms with van der Waals surface area (Å²) in [5, 5.41) is 12.1. The van der Waals surface area contributed by atoms with Gasteiger partial charge in [0.2, 0.25) is 0 Å². The Labute approximate surface area is 110 Å². The van der Waals surface area contributed by atoms with Crippen molar-refractivity contribution >= 4 is 21.8 Å². The van der Waals surface area contributed by atoms with Gasteiger partial charge in [0.15, 0.2) is 11.5 Å². The summed E-state index contributed by atoms with van der Waals surface area (Å²) in [4.78, 5) is 3.32. The molecule has 0 atom stereocenters. The highest BCUT2D eigenvalue weighted by molar-refractivity contribution is 6.13. The Balaban J connectivity index is 2.61. The van der Waals surface area contributed by atoms with E-state index in [4.69, 9.17) is 9.47 Å². The SMILES string of the molecule is COc1c(C)c(O)c(OC)c2c1[nH]c1ccccc12. The molecule has 3 aromatic rings. The lowest BCUT2D eigenvalue weighted by molar-refractivity contribution is 0.368. The number of H-pyrrole nitrogens is 1. The third-order valence-electron chi connectivity index (χ3n) is 3.48. The second-order valence-corrected chi connectivity index (χ2v) is 4.46. The van der Waals surface area contributed by atoms with E-state index in [0.717, 1.165) is 21.8 Å². The van der Waals surface area contributed by atoms with Crippen LogP contribution in [0.2, 0.25) is 0 Å². The van der Waals surface area contributed by atoms with Crippen LogP contribution in [0.25, 0.3) is 21.8 Å². The number of aromatic nitrogens is 1. The van der Waals surface area contributed by atoms with E-state index in [9.17, 15) is 5.11 Å². The average molecular weight is 257 g/mol. The number of ether oxygens (including phenoxy) is 2. The van der Waals surface area contributed by atoms with Crippen molar-refractivity contribution in [2.45, 2.75) is 6.92 Å². The van der Waals surface area contributed by atoms with Crippen LogP contribution in [-0.4, -0.2) is 24.3 Å². The molecule has 1 heterocycles. The molecule has 98 valence electrons. The van der Waals surface area contributed by atoms with Crippen molar-refractivity contribution in [2.75, 3.05) is 14.2 Å². The largest absolute Gasteiger partial charge is 0.504 e. The van der Waals surface area contributed by atoms with E-state index >= 15 is 0 Å². The van der Waals surface area contributed by atoms with Gasteiger partial charge < -0.3 is 19.6 Å². The number of hydrogen-bond donors (Lipinski definition) is 2. The number of aromatic hydroxyl groups is 1. The Morgan fingerprint density at radius 2 is 1.74 bits per heavy atom. The Hall–Kier alpha value is -2.36. The van der Waals surface area contributed by atoms with Gasteiger partial charge in [-0.05, 0) is 13.0 Å². The van der Waals surface area contributed by atoms with Gasteiger partial charge in [0.05, 0.1) is 25.1 Å². The van der Waals surface area contributed by atoms with E-state index < -0.39 is 0 Å². The number of methoxy groups -OCH3 is 2. The highest BCUT2D eigenvalue weighted by Crippen LogP contribution is 2.47. The molecular weight excluding hydrogens is 242 g/mol. The molecule has 0 aliphatic heterocycles. The van der Waals surface area contributed by atoms with Crippen LogP contribution in [0.4, 0.5) is 0 Å². The van der Waals surface area contributed by atoms with Gasteiger partial charge in [-0.15, -0.1) is 0 Å². The van der Waals surface area contributed by atoms with Gasteiger partial charge in [0.25, 0.3) is 0 Å². The second kappa shape index (κ2) is 4.09. The summed E-state index contributed by atoms with van der Waals surface area (Å²) in [7, 11) is 3.15. The minimum atomic E-state index is 0.122. The summed E-state index contributed by atoms with van der Waals surface area (Å²) in [5.41, 5.74) is 2.49. The molecule has 2 aromatic carbocycles. The first-order valence-electron chi connectivity index (χ1n) is 6.03. The highest BCUT2D eigenvalue weighted by Gasteiger charge is 2.21. The molecule has 0 fully saturated rings. The van der Waals surface area contributed by atoms with Gasteiger partial charge in [-0.2, -0.15) is 0 Å². The van der Waals surface area contributed by atoms with E-state index in [1.807, 2.05) is 31.2 Å². The molecule has 4 nitrogen and oxygen atoms in total. The summed E-state index contributed by atoms with van der Waals surface area (Å²) < 4.78 is 10.8. The maximum atomic E-state index is 10.3. The average Bonchev–Trinajstić information content (AvgIpc) is 2.80. The third kappa shape index (κ3) is 1.46. The van der Waals surface area contributed by atoms with Crippen LogP contribution in [0.5, 0.6) is 17.2 Å². The molecule has 4 heteroatoms. The standard InChI is InChI=1S/C15H15NO3/c1-8-13(17)15(19-3)11-9-6-4-5-7-10(9)16-12(11)14(8)18-2/h4-7,16-17H,1-3H3. The smallest absolute Gasteiger partial charge is 0.171 e. The summed E-state index contributed by atoms with van der Waals surface area (Å²) in [6.07, 6.45) is 0. The molecule has 0 aliphatic rings. The third-order valence-corrected chi connectivity index (χ3v) is 3.48.